The van der Waals surface area contributed by atoms with Gasteiger partial charge in [0, 0.05) is 22.7 Å². The first-order chi connectivity index (χ1) is 9.61. The number of hydrogen-bond acceptors (Lipinski definition) is 3. The van der Waals surface area contributed by atoms with Crippen LogP contribution in [0, 0.1) is 18.3 Å². The number of aromatic nitrogens is 1. The Labute approximate surface area is 124 Å². The number of H-pyrrole nitrogens is 1. The summed E-state index contributed by atoms with van der Waals surface area (Å²) >= 11 is 7.51. The molecule has 0 spiro atoms. The van der Waals surface area contributed by atoms with Crippen LogP contribution < -0.4 is 0 Å². The molecule has 0 bridgehead atoms. The highest BCUT2D eigenvalue weighted by Crippen LogP contribution is 2.31. The van der Waals surface area contributed by atoms with Crippen molar-refractivity contribution < 1.29 is 4.79 Å². The van der Waals surface area contributed by atoms with Gasteiger partial charge in [0.25, 0.3) is 0 Å². The maximum Gasteiger partial charge on any atom is 0.206 e. The number of carbonyl (C=O) groups is 1. The fourth-order valence-corrected chi connectivity index (χ4v) is 3.32. The zero-order valence-electron chi connectivity index (χ0n) is 10.5. The smallest absolute Gasteiger partial charge is 0.206 e. The van der Waals surface area contributed by atoms with Gasteiger partial charge in [0.2, 0.25) is 5.78 Å². The first-order valence-electron chi connectivity index (χ1n) is 5.91. The molecule has 3 nitrogen and oxygen atoms in total. The van der Waals surface area contributed by atoms with Crippen LogP contribution in [0.4, 0.5) is 0 Å². The van der Waals surface area contributed by atoms with Gasteiger partial charge in [0.15, 0.2) is 0 Å². The predicted octanol–water partition coefficient (Wildman–Crippen LogP) is 4.29. The number of fused-ring (bicyclic) bond motifs is 1. The molecule has 0 radical (unpaired) electrons. The SMILES string of the molecule is Cc1csc(C(=O)c2c[nH]c3cc(C#N)ccc23)c1Cl. The van der Waals surface area contributed by atoms with Crippen LogP contribution in [0.1, 0.15) is 26.4 Å². The highest BCUT2D eigenvalue weighted by Gasteiger charge is 2.19. The van der Waals surface area contributed by atoms with E-state index >= 15 is 0 Å². The fourth-order valence-electron chi connectivity index (χ4n) is 2.09. The van der Waals surface area contributed by atoms with E-state index in [2.05, 4.69) is 11.1 Å². The Morgan fingerprint density at radius 3 is 2.90 bits per heavy atom. The van der Waals surface area contributed by atoms with Crippen molar-refractivity contribution in [3.63, 3.8) is 0 Å². The summed E-state index contributed by atoms with van der Waals surface area (Å²) < 4.78 is 0. The van der Waals surface area contributed by atoms with Gasteiger partial charge >= 0.3 is 0 Å². The molecule has 3 aromatic rings. The van der Waals surface area contributed by atoms with Gasteiger partial charge in [-0.15, -0.1) is 11.3 Å². The number of nitriles is 1. The maximum atomic E-state index is 12.6. The van der Waals surface area contributed by atoms with Gasteiger partial charge in [-0.2, -0.15) is 5.26 Å². The lowest BCUT2D eigenvalue weighted by molar-refractivity contribution is 0.104. The van der Waals surface area contributed by atoms with E-state index in [0.29, 0.717) is 21.0 Å². The molecule has 1 aromatic carbocycles. The molecule has 98 valence electrons. The minimum Gasteiger partial charge on any atom is -0.360 e. The molecule has 0 atom stereocenters. The number of benzene rings is 1. The molecule has 0 saturated heterocycles. The van der Waals surface area contributed by atoms with Crippen LogP contribution >= 0.6 is 22.9 Å². The number of halogens is 1. The molecule has 0 saturated carbocycles. The van der Waals surface area contributed by atoms with Gasteiger partial charge in [0.1, 0.15) is 0 Å². The van der Waals surface area contributed by atoms with Crippen LogP contribution in [-0.4, -0.2) is 10.8 Å². The molecule has 3 rings (SSSR count). The lowest BCUT2D eigenvalue weighted by Crippen LogP contribution is -1.98. The zero-order chi connectivity index (χ0) is 14.3. The third-order valence-corrected chi connectivity index (χ3v) is 4.86. The van der Waals surface area contributed by atoms with Gasteiger partial charge < -0.3 is 4.98 Å². The van der Waals surface area contributed by atoms with Crippen LogP contribution in [-0.2, 0) is 0 Å². The maximum absolute atomic E-state index is 12.6. The van der Waals surface area contributed by atoms with Crippen molar-refractivity contribution in [3.8, 4) is 6.07 Å². The summed E-state index contributed by atoms with van der Waals surface area (Å²) in [5, 5.41) is 12.1. The first kappa shape index (κ1) is 12.9. The standard InChI is InChI=1S/C15H9ClN2OS/c1-8-7-20-15(13(8)16)14(19)11-6-18-12-4-9(5-17)2-3-10(11)12/h2-4,6-7,18H,1H3. The second-order valence-corrected chi connectivity index (χ2v) is 5.72. The van der Waals surface area contributed by atoms with Crippen molar-refractivity contribution in [2.75, 3.05) is 0 Å². The van der Waals surface area contributed by atoms with E-state index in [9.17, 15) is 4.79 Å². The molecule has 20 heavy (non-hydrogen) atoms. The molecule has 0 amide bonds. The molecule has 0 fully saturated rings. The number of aryl methyl sites for hydroxylation is 1. The van der Waals surface area contributed by atoms with Crippen molar-refractivity contribution in [1.82, 2.24) is 4.98 Å². The Morgan fingerprint density at radius 2 is 2.25 bits per heavy atom. The predicted molar refractivity (Wildman–Crippen MR) is 80.5 cm³/mol. The van der Waals surface area contributed by atoms with E-state index < -0.39 is 0 Å². The van der Waals surface area contributed by atoms with E-state index in [1.807, 2.05) is 12.3 Å². The summed E-state index contributed by atoms with van der Waals surface area (Å²) in [6.45, 7) is 1.88. The molecule has 2 aromatic heterocycles. The largest absolute Gasteiger partial charge is 0.360 e. The number of thiophene rings is 1. The third-order valence-electron chi connectivity index (χ3n) is 3.16. The second kappa shape index (κ2) is 4.78. The molecule has 0 aliphatic carbocycles. The minimum atomic E-state index is -0.0935. The molecule has 2 heterocycles. The summed E-state index contributed by atoms with van der Waals surface area (Å²) in [5.74, 6) is -0.0935. The van der Waals surface area contributed by atoms with E-state index in [-0.39, 0.29) is 5.78 Å². The highest BCUT2D eigenvalue weighted by atomic mass is 35.5. The number of carbonyl (C=O) groups excluding carboxylic acids is 1. The van der Waals surface area contributed by atoms with E-state index in [0.717, 1.165) is 16.5 Å². The number of nitrogens with zero attached hydrogens (tertiary/aromatic N) is 1. The Bertz CT molecular complexity index is 870. The fraction of sp³-hybridized carbons (Fsp3) is 0.0667. The van der Waals surface area contributed by atoms with Crippen molar-refractivity contribution >= 4 is 39.6 Å². The van der Waals surface area contributed by atoms with Crippen LogP contribution in [0.25, 0.3) is 10.9 Å². The topological polar surface area (TPSA) is 56.6 Å². The van der Waals surface area contributed by atoms with Gasteiger partial charge in [-0.3, -0.25) is 4.79 Å². The minimum absolute atomic E-state index is 0.0935. The van der Waals surface area contributed by atoms with Crippen molar-refractivity contribution in [3.05, 3.63) is 56.4 Å². The third kappa shape index (κ3) is 1.92. The molecule has 0 unspecified atom stereocenters. The number of rotatable bonds is 2. The number of ketones is 1. The van der Waals surface area contributed by atoms with Crippen molar-refractivity contribution in [1.29, 1.82) is 5.26 Å². The molecule has 1 N–H and O–H groups in total. The molecular formula is C15H9ClN2OS. The average molecular weight is 301 g/mol. The number of nitrogens with one attached hydrogen (secondary N) is 1. The summed E-state index contributed by atoms with van der Waals surface area (Å²) in [6.07, 6.45) is 1.67. The Balaban J connectivity index is 2.13. The molecular weight excluding hydrogens is 292 g/mol. The second-order valence-electron chi connectivity index (χ2n) is 4.47. The lowest BCUT2D eigenvalue weighted by atomic mass is 10.1. The number of aromatic amines is 1. The first-order valence-corrected chi connectivity index (χ1v) is 7.17. The van der Waals surface area contributed by atoms with Crippen LogP contribution in [0.5, 0.6) is 0 Å². The van der Waals surface area contributed by atoms with Gasteiger partial charge in [-0.1, -0.05) is 17.7 Å². The summed E-state index contributed by atoms with van der Waals surface area (Å²) in [4.78, 5) is 16.1. The van der Waals surface area contributed by atoms with Gasteiger partial charge in [0.05, 0.1) is 21.5 Å². The quantitative estimate of drug-likeness (QED) is 0.718. The van der Waals surface area contributed by atoms with E-state index in [1.165, 1.54) is 11.3 Å². The Morgan fingerprint density at radius 1 is 1.45 bits per heavy atom. The molecule has 0 aliphatic rings. The van der Waals surface area contributed by atoms with Crippen molar-refractivity contribution in [2.24, 2.45) is 0 Å². The van der Waals surface area contributed by atoms with Crippen LogP contribution in [0.3, 0.4) is 0 Å². The monoisotopic (exact) mass is 300 g/mol. The average Bonchev–Trinajstić information content (AvgIpc) is 3.02. The highest BCUT2D eigenvalue weighted by molar-refractivity contribution is 7.13. The lowest BCUT2D eigenvalue weighted by Gasteiger charge is -1.98. The normalized spacial score (nSPS) is 10.7. The van der Waals surface area contributed by atoms with Gasteiger partial charge in [-0.05, 0) is 30.0 Å². The van der Waals surface area contributed by atoms with E-state index in [4.69, 9.17) is 16.9 Å². The number of hydrogen-bond donors (Lipinski definition) is 1. The summed E-state index contributed by atoms with van der Waals surface area (Å²) in [7, 11) is 0. The summed E-state index contributed by atoms with van der Waals surface area (Å²) in [6, 6.07) is 7.29. The van der Waals surface area contributed by atoms with E-state index in [1.54, 1.807) is 24.4 Å². The van der Waals surface area contributed by atoms with Crippen molar-refractivity contribution in [2.45, 2.75) is 6.92 Å². The van der Waals surface area contributed by atoms with Crippen LogP contribution in [0.15, 0.2) is 29.8 Å². The molecule has 0 aliphatic heterocycles. The Hall–Kier alpha value is -2.09. The van der Waals surface area contributed by atoms with Gasteiger partial charge in [-0.25, -0.2) is 0 Å². The summed E-state index contributed by atoms with van der Waals surface area (Å²) in [5.41, 5.74) is 2.82. The zero-order valence-corrected chi connectivity index (χ0v) is 12.1. The Kier molecular flexibility index (Phi) is 3.09. The molecule has 5 heteroatoms. The van der Waals surface area contributed by atoms with Crippen LogP contribution in [0.2, 0.25) is 5.02 Å².